The minimum Gasteiger partial charge on any atom is -0.466 e. The molecule has 1 aromatic carbocycles. The van der Waals surface area contributed by atoms with Gasteiger partial charge < -0.3 is 9.72 Å². The van der Waals surface area contributed by atoms with E-state index in [0.717, 1.165) is 5.56 Å². The molecule has 104 valence electrons. The van der Waals surface area contributed by atoms with Crippen molar-refractivity contribution in [1.29, 1.82) is 0 Å². The number of aromatic nitrogens is 2. The summed E-state index contributed by atoms with van der Waals surface area (Å²) in [5, 5.41) is 0.536. The Kier molecular flexibility index (Phi) is 4.30. The molecule has 0 saturated heterocycles. The van der Waals surface area contributed by atoms with Crippen molar-refractivity contribution in [2.45, 2.75) is 20.3 Å². The van der Waals surface area contributed by atoms with Crippen molar-refractivity contribution in [1.82, 2.24) is 9.97 Å². The van der Waals surface area contributed by atoms with E-state index in [1.165, 1.54) is 0 Å². The fraction of sp³-hybridized carbons (Fsp3) is 0.267. The summed E-state index contributed by atoms with van der Waals surface area (Å²) in [5.41, 5.74) is 1.35. The van der Waals surface area contributed by atoms with Crippen molar-refractivity contribution in [3.8, 4) is 0 Å². The number of ether oxygens (including phenoxy) is 1. The van der Waals surface area contributed by atoms with E-state index in [1.54, 1.807) is 38.1 Å². The molecule has 0 aliphatic carbocycles. The van der Waals surface area contributed by atoms with Gasteiger partial charge in [-0.25, -0.2) is 4.98 Å². The first-order valence-electron chi connectivity index (χ1n) is 6.43. The molecule has 0 saturated carbocycles. The number of nitrogens with zero attached hydrogens (tertiary/aromatic N) is 1. The summed E-state index contributed by atoms with van der Waals surface area (Å²) in [4.78, 5) is 29.9. The Bertz CT molecular complexity index is 717. The summed E-state index contributed by atoms with van der Waals surface area (Å²) < 4.78 is 4.83. The number of benzene rings is 1. The van der Waals surface area contributed by atoms with E-state index in [2.05, 4.69) is 9.97 Å². The Morgan fingerprint density at radius 1 is 1.45 bits per heavy atom. The van der Waals surface area contributed by atoms with Crippen molar-refractivity contribution in [2.75, 3.05) is 6.61 Å². The quantitative estimate of drug-likeness (QED) is 0.866. The molecular weight excluding hydrogens is 256 g/mol. The van der Waals surface area contributed by atoms with Crippen LogP contribution < -0.4 is 5.56 Å². The monoisotopic (exact) mass is 272 g/mol. The van der Waals surface area contributed by atoms with Gasteiger partial charge in [-0.2, -0.15) is 0 Å². The number of fused-ring (bicyclic) bond motifs is 1. The molecule has 0 atom stereocenters. The van der Waals surface area contributed by atoms with Gasteiger partial charge >= 0.3 is 5.97 Å². The number of aryl methyl sites for hydroxylation is 1. The second kappa shape index (κ2) is 6.14. The molecule has 0 amide bonds. The molecule has 0 unspecified atom stereocenters. The molecule has 0 fully saturated rings. The molecule has 1 aromatic heterocycles. The molecule has 0 radical (unpaired) electrons. The van der Waals surface area contributed by atoms with E-state index in [-0.39, 0.29) is 17.9 Å². The zero-order valence-corrected chi connectivity index (χ0v) is 11.5. The minimum atomic E-state index is -0.264. The number of esters is 1. The molecule has 5 nitrogen and oxygen atoms in total. The van der Waals surface area contributed by atoms with E-state index in [1.807, 2.05) is 6.07 Å². The lowest BCUT2D eigenvalue weighted by Gasteiger charge is -2.00. The number of aromatic amines is 1. The zero-order valence-electron chi connectivity index (χ0n) is 11.5. The summed E-state index contributed by atoms with van der Waals surface area (Å²) in [5.74, 6) is 0.327. The van der Waals surface area contributed by atoms with Crippen LogP contribution in [0.25, 0.3) is 17.0 Å². The van der Waals surface area contributed by atoms with E-state index < -0.39 is 0 Å². The molecule has 5 heteroatoms. The first kappa shape index (κ1) is 14.0. The van der Waals surface area contributed by atoms with Crippen LogP contribution in [-0.4, -0.2) is 22.5 Å². The maximum atomic E-state index is 11.8. The molecule has 0 aliphatic heterocycles. The van der Waals surface area contributed by atoms with Gasteiger partial charge in [0.15, 0.2) is 0 Å². The van der Waals surface area contributed by atoms with E-state index in [0.29, 0.717) is 23.3 Å². The van der Waals surface area contributed by atoms with Crippen LogP contribution in [0.2, 0.25) is 0 Å². The Morgan fingerprint density at radius 3 is 3.00 bits per heavy atom. The van der Waals surface area contributed by atoms with Gasteiger partial charge in [-0.05, 0) is 31.5 Å². The van der Waals surface area contributed by atoms with Crippen molar-refractivity contribution >= 4 is 22.9 Å². The summed E-state index contributed by atoms with van der Waals surface area (Å²) in [6, 6.07) is 5.40. The smallest absolute Gasteiger partial charge is 0.309 e. The molecule has 0 aliphatic rings. The molecule has 0 spiro atoms. The number of hydrogen-bond acceptors (Lipinski definition) is 4. The van der Waals surface area contributed by atoms with E-state index in [4.69, 9.17) is 4.74 Å². The topological polar surface area (TPSA) is 72.0 Å². The highest BCUT2D eigenvalue weighted by Gasteiger charge is 2.02. The molecule has 20 heavy (non-hydrogen) atoms. The standard InChI is InChI=1S/C15H16N2O3/c1-3-20-14(18)6-4-5-11-7-8-13-12(9-11)15(19)17-10(2)16-13/h4-5,7-9H,3,6H2,1-2H3,(H,16,17,19). The first-order valence-corrected chi connectivity index (χ1v) is 6.43. The molecule has 1 heterocycles. The van der Waals surface area contributed by atoms with Crippen LogP contribution in [0.15, 0.2) is 29.1 Å². The zero-order chi connectivity index (χ0) is 14.5. The third-order valence-corrected chi connectivity index (χ3v) is 2.75. The van der Waals surface area contributed by atoms with Crippen molar-refractivity contribution in [2.24, 2.45) is 0 Å². The lowest BCUT2D eigenvalue weighted by Crippen LogP contribution is -2.09. The Labute approximate surface area is 116 Å². The molecule has 2 aromatic rings. The molecule has 2 rings (SSSR count). The number of carbonyl (C=O) groups is 1. The van der Waals surface area contributed by atoms with Gasteiger partial charge in [0.1, 0.15) is 5.82 Å². The second-order valence-corrected chi connectivity index (χ2v) is 4.34. The van der Waals surface area contributed by atoms with Crippen LogP contribution in [0.3, 0.4) is 0 Å². The summed E-state index contributed by atoms with van der Waals surface area (Å²) in [6.45, 7) is 3.89. The lowest BCUT2D eigenvalue weighted by atomic mass is 10.1. The Morgan fingerprint density at radius 2 is 2.25 bits per heavy atom. The molecule has 0 bridgehead atoms. The average Bonchev–Trinajstić information content (AvgIpc) is 2.39. The van der Waals surface area contributed by atoms with Crippen molar-refractivity contribution < 1.29 is 9.53 Å². The summed E-state index contributed by atoms with van der Waals surface area (Å²) in [7, 11) is 0. The average molecular weight is 272 g/mol. The van der Waals surface area contributed by atoms with Crippen LogP contribution in [-0.2, 0) is 9.53 Å². The van der Waals surface area contributed by atoms with Gasteiger partial charge in [0.2, 0.25) is 0 Å². The van der Waals surface area contributed by atoms with Crippen LogP contribution in [0.4, 0.5) is 0 Å². The van der Waals surface area contributed by atoms with Crippen LogP contribution in [0.1, 0.15) is 24.7 Å². The number of rotatable bonds is 4. The predicted octanol–water partition coefficient (Wildman–Crippen LogP) is 2.20. The Balaban J connectivity index is 2.22. The predicted molar refractivity (Wildman–Crippen MR) is 77.4 cm³/mol. The largest absolute Gasteiger partial charge is 0.466 e. The number of nitrogens with one attached hydrogen (secondary N) is 1. The third-order valence-electron chi connectivity index (χ3n) is 2.75. The highest BCUT2D eigenvalue weighted by Crippen LogP contribution is 2.12. The van der Waals surface area contributed by atoms with Gasteiger partial charge in [-0.1, -0.05) is 18.2 Å². The van der Waals surface area contributed by atoms with Gasteiger partial charge in [-0.3, -0.25) is 9.59 Å². The van der Waals surface area contributed by atoms with E-state index in [9.17, 15) is 9.59 Å². The van der Waals surface area contributed by atoms with Crippen molar-refractivity contribution in [3.63, 3.8) is 0 Å². The van der Waals surface area contributed by atoms with Gasteiger partial charge in [-0.15, -0.1) is 0 Å². The normalized spacial score (nSPS) is 11.1. The summed E-state index contributed by atoms with van der Waals surface area (Å²) >= 11 is 0. The fourth-order valence-electron chi connectivity index (χ4n) is 1.89. The highest BCUT2D eigenvalue weighted by atomic mass is 16.5. The third kappa shape index (κ3) is 3.32. The van der Waals surface area contributed by atoms with Crippen LogP contribution in [0.5, 0.6) is 0 Å². The molecule has 1 N–H and O–H groups in total. The number of hydrogen-bond donors (Lipinski definition) is 1. The number of H-pyrrole nitrogens is 1. The minimum absolute atomic E-state index is 0.159. The maximum Gasteiger partial charge on any atom is 0.309 e. The second-order valence-electron chi connectivity index (χ2n) is 4.34. The SMILES string of the molecule is CCOC(=O)CC=Cc1ccc2nc(C)[nH]c(=O)c2c1. The van der Waals surface area contributed by atoms with Crippen LogP contribution >= 0.6 is 0 Å². The van der Waals surface area contributed by atoms with Gasteiger partial charge in [0.25, 0.3) is 5.56 Å². The maximum absolute atomic E-state index is 11.8. The van der Waals surface area contributed by atoms with E-state index >= 15 is 0 Å². The van der Waals surface area contributed by atoms with Gasteiger partial charge in [0.05, 0.1) is 23.9 Å². The summed E-state index contributed by atoms with van der Waals surface area (Å²) in [6.07, 6.45) is 3.72. The van der Waals surface area contributed by atoms with Crippen LogP contribution in [0, 0.1) is 6.92 Å². The van der Waals surface area contributed by atoms with Gasteiger partial charge in [0, 0.05) is 0 Å². The Hall–Kier alpha value is -2.43. The molecular formula is C15H16N2O3. The first-order chi connectivity index (χ1) is 9.60. The fourth-order valence-corrected chi connectivity index (χ4v) is 1.89. The highest BCUT2D eigenvalue weighted by molar-refractivity contribution is 5.80. The lowest BCUT2D eigenvalue weighted by molar-refractivity contribution is -0.142. The number of carbonyl (C=O) groups excluding carboxylic acids is 1. The van der Waals surface area contributed by atoms with Crippen molar-refractivity contribution in [3.05, 3.63) is 46.0 Å².